The summed E-state index contributed by atoms with van der Waals surface area (Å²) < 4.78 is 16.1. The van der Waals surface area contributed by atoms with Crippen LogP contribution < -0.4 is 0 Å². The first-order chi connectivity index (χ1) is 11.3. The molecular weight excluding hydrogens is 292 g/mol. The largest absolute Gasteiger partial charge is 0.459 e. The van der Waals surface area contributed by atoms with Gasteiger partial charge >= 0.3 is 5.97 Å². The van der Waals surface area contributed by atoms with Gasteiger partial charge in [-0.2, -0.15) is 0 Å². The van der Waals surface area contributed by atoms with Crippen molar-refractivity contribution in [3.63, 3.8) is 0 Å². The average Bonchev–Trinajstić information content (AvgIpc) is 2.61. The quantitative estimate of drug-likeness (QED) is 0.526. The maximum Gasteiger partial charge on any atom is 0.335 e. The lowest BCUT2D eigenvalue weighted by atomic mass is 10.2. The summed E-state index contributed by atoms with van der Waals surface area (Å²) in [7, 11) is 0. The Hall–Kier alpha value is -2.17. The van der Waals surface area contributed by atoms with Gasteiger partial charge in [-0.15, -0.1) is 0 Å². The molecule has 0 saturated heterocycles. The Morgan fingerprint density at radius 2 is 1.43 bits per heavy atom. The van der Waals surface area contributed by atoms with Gasteiger partial charge in [-0.05, 0) is 18.1 Å². The van der Waals surface area contributed by atoms with Crippen LogP contribution in [0.4, 0.5) is 0 Å². The Bertz CT molecular complexity index is 568. The highest BCUT2D eigenvalue weighted by Gasteiger charge is 2.14. The molecule has 2 rings (SSSR count). The third-order valence-electron chi connectivity index (χ3n) is 3.26. The maximum atomic E-state index is 11.8. The first-order valence-corrected chi connectivity index (χ1v) is 7.69. The van der Waals surface area contributed by atoms with Crippen molar-refractivity contribution in [3.8, 4) is 0 Å². The van der Waals surface area contributed by atoms with E-state index in [0.29, 0.717) is 19.8 Å². The van der Waals surface area contributed by atoms with Crippen LogP contribution in [-0.4, -0.2) is 25.3 Å². The Labute approximate surface area is 137 Å². The van der Waals surface area contributed by atoms with Crippen molar-refractivity contribution in [1.82, 2.24) is 0 Å². The number of hydrogen-bond acceptors (Lipinski definition) is 4. The minimum atomic E-state index is -0.598. The zero-order valence-corrected chi connectivity index (χ0v) is 13.3. The zero-order chi connectivity index (χ0) is 16.3. The third-order valence-corrected chi connectivity index (χ3v) is 3.26. The van der Waals surface area contributed by atoms with Crippen LogP contribution in [0.2, 0.25) is 0 Å². The van der Waals surface area contributed by atoms with E-state index in [4.69, 9.17) is 14.2 Å². The minimum Gasteiger partial charge on any atom is -0.459 e. The molecule has 0 aliphatic rings. The lowest BCUT2D eigenvalue weighted by molar-refractivity contribution is -0.158. The molecule has 2 aromatic rings. The molecule has 23 heavy (non-hydrogen) atoms. The van der Waals surface area contributed by atoms with Gasteiger partial charge < -0.3 is 14.2 Å². The van der Waals surface area contributed by atoms with Crippen LogP contribution >= 0.6 is 0 Å². The summed E-state index contributed by atoms with van der Waals surface area (Å²) in [5.41, 5.74) is 2.07. The second-order valence-corrected chi connectivity index (χ2v) is 5.14. The third kappa shape index (κ3) is 6.63. The van der Waals surface area contributed by atoms with E-state index < -0.39 is 6.10 Å². The summed E-state index contributed by atoms with van der Waals surface area (Å²) in [6, 6.07) is 19.5. The Balaban J connectivity index is 1.57. The lowest BCUT2D eigenvalue weighted by Gasteiger charge is -2.13. The summed E-state index contributed by atoms with van der Waals surface area (Å²) in [6.45, 7) is 3.28. The van der Waals surface area contributed by atoms with Gasteiger partial charge in [0.2, 0.25) is 0 Å². The molecule has 0 aromatic heterocycles. The number of benzene rings is 2. The number of carbonyl (C=O) groups excluding carboxylic acids is 1. The number of carbonyl (C=O) groups is 1. The van der Waals surface area contributed by atoms with Crippen LogP contribution in [0.25, 0.3) is 0 Å². The van der Waals surface area contributed by atoms with E-state index in [1.54, 1.807) is 6.92 Å². The highest BCUT2D eigenvalue weighted by molar-refractivity contribution is 5.74. The average molecular weight is 314 g/mol. The lowest BCUT2D eigenvalue weighted by Crippen LogP contribution is -2.24. The van der Waals surface area contributed by atoms with Crippen molar-refractivity contribution in [1.29, 1.82) is 0 Å². The molecular formula is C19H22O4. The molecule has 0 saturated carbocycles. The van der Waals surface area contributed by atoms with Crippen LogP contribution in [0.1, 0.15) is 18.1 Å². The van der Waals surface area contributed by atoms with E-state index in [1.165, 1.54) is 0 Å². The minimum absolute atomic E-state index is 0.262. The number of hydrogen-bond donors (Lipinski definition) is 0. The van der Waals surface area contributed by atoms with Crippen molar-refractivity contribution in [2.24, 2.45) is 0 Å². The van der Waals surface area contributed by atoms with Gasteiger partial charge in [0.1, 0.15) is 6.61 Å². The topological polar surface area (TPSA) is 44.8 Å². The van der Waals surface area contributed by atoms with Crippen LogP contribution in [0, 0.1) is 0 Å². The van der Waals surface area contributed by atoms with Crippen LogP contribution in [-0.2, 0) is 32.2 Å². The van der Waals surface area contributed by atoms with E-state index in [0.717, 1.165) is 11.1 Å². The van der Waals surface area contributed by atoms with Crippen molar-refractivity contribution in [3.05, 3.63) is 71.8 Å². The molecule has 1 unspecified atom stereocenters. The van der Waals surface area contributed by atoms with Crippen molar-refractivity contribution < 1.29 is 19.0 Å². The van der Waals surface area contributed by atoms with Crippen LogP contribution in [0.15, 0.2) is 60.7 Å². The number of ether oxygens (including phenoxy) is 3. The van der Waals surface area contributed by atoms with Crippen LogP contribution in [0.3, 0.4) is 0 Å². The molecule has 4 nitrogen and oxygen atoms in total. The molecule has 0 bridgehead atoms. The van der Waals surface area contributed by atoms with Crippen molar-refractivity contribution in [2.75, 3.05) is 13.2 Å². The predicted octanol–water partition coefficient (Wildman–Crippen LogP) is 3.35. The Morgan fingerprint density at radius 3 is 2.04 bits per heavy atom. The van der Waals surface area contributed by atoms with Gasteiger partial charge in [0.25, 0.3) is 0 Å². The predicted molar refractivity (Wildman–Crippen MR) is 87.8 cm³/mol. The molecule has 0 N–H and O–H groups in total. The fraction of sp³-hybridized carbons (Fsp3) is 0.316. The Morgan fingerprint density at radius 1 is 0.870 bits per heavy atom. The molecule has 122 valence electrons. The van der Waals surface area contributed by atoms with Gasteiger partial charge in [-0.1, -0.05) is 60.7 Å². The molecule has 4 heteroatoms. The van der Waals surface area contributed by atoms with Crippen LogP contribution in [0.5, 0.6) is 0 Å². The van der Waals surface area contributed by atoms with Gasteiger partial charge in [-0.25, -0.2) is 4.79 Å². The summed E-state index contributed by atoms with van der Waals surface area (Å²) in [5.74, 6) is -0.364. The fourth-order valence-electron chi connectivity index (χ4n) is 1.96. The summed E-state index contributed by atoms with van der Waals surface area (Å²) in [4.78, 5) is 11.8. The first kappa shape index (κ1) is 17.2. The standard InChI is InChI=1S/C19H22O4/c1-16(19(20)23-15-18-10-6-3-7-11-18)22-13-12-21-14-17-8-4-2-5-9-17/h2-11,16H,12-15H2,1H3. The van der Waals surface area contributed by atoms with E-state index in [1.807, 2.05) is 60.7 Å². The van der Waals surface area contributed by atoms with Gasteiger partial charge in [-0.3, -0.25) is 0 Å². The van der Waals surface area contributed by atoms with Gasteiger partial charge in [0, 0.05) is 0 Å². The van der Waals surface area contributed by atoms with Gasteiger partial charge in [0.05, 0.1) is 19.8 Å². The number of rotatable bonds is 9. The highest BCUT2D eigenvalue weighted by Crippen LogP contribution is 2.04. The highest BCUT2D eigenvalue weighted by atomic mass is 16.6. The fourth-order valence-corrected chi connectivity index (χ4v) is 1.96. The summed E-state index contributed by atoms with van der Waals surface area (Å²) in [5, 5.41) is 0. The van der Waals surface area contributed by atoms with Crippen molar-refractivity contribution >= 4 is 5.97 Å². The second kappa shape index (κ2) is 9.77. The molecule has 1 atom stereocenters. The smallest absolute Gasteiger partial charge is 0.335 e. The van der Waals surface area contributed by atoms with E-state index in [9.17, 15) is 4.79 Å². The monoisotopic (exact) mass is 314 g/mol. The molecule has 0 heterocycles. The summed E-state index contributed by atoms with van der Waals surface area (Å²) in [6.07, 6.45) is -0.598. The zero-order valence-electron chi connectivity index (χ0n) is 13.3. The maximum absolute atomic E-state index is 11.8. The molecule has 0 aliphatic heterocycles. The van der Waals surface area contributed by atoms with Gasteiger partial charge in [0.15, 0.2) is 6.10 Å². The SMILES string of the molecule is CC(OCCOCc1ccccc1)C(=O)OCc1ccccc1. The molecule has 0 amide bonds. The second-order valence-electron chi connectivity index (χ2n) is 5.14. The molecule has 0 fully saturated rings. The van der Waals surface area contributed by atoms with Crippen molar-refractivity contribution in [2.45, 2.75) is 26.2 Å². The van der Waals surface area contributed by atoms with E-state index in [2.05, 4.69) is 0 Å². The first-order valence-electron chi connectivity index (χ1n) is 7.69. The molecule has 0 spiro atoms. The normalized spacial score (nSPS) is 11.9. The van der Waals surface area contributed by atoms with E-state index in [-0.39, 0.29) is 12.6 Å². The molecule has 0 radical (unpaired) electrons. The van der Waals surface area contributed by atoms with E-state index >= 15 is 0 Å². The summed E-state index contributed by atoms with van der Waals surface area (Å²) >= 11 is 0. The molecule has 2 aromatic carbocycles. The molecule has 0 aliphatic carbocycles. The Kier molecular flexibility index (Phi) is 7.30. The number of esters is 1.